The third-order valence-corrected chi connectivity index (χ3v) is 5.57. The van der Waals surface area contributed by atoms with E-state index in [2.05, 4.69) is 19.9 Å². The van der Waals surface area contributed by atoms with Gasteiger partial charge in [0.2, 0.25) is 11.8 Å². The second kappa shape index (κ2) is 12.9. The summed E-state index contributed by atoms with van der Waals surface area (Å²) in [6.45, 7) is 1.37. The van der Waals surface area contributed by atoms with Crippen LogP contribution in [0.5, 0.6) is 0 Å². The van der Waals surface area contributed by atoms with Gasteiger partial charge in [-0.1, -0.05) is 24.3 Å². The van der Waals surface area contributed by atoms with Gasteiger partial charge in [-0.15, -0.1) is 0 Å². The van der Waals surface area contributed by atoms with E-state index in [1.807, 2.05) is 72.8 Å². The minimum atomic E-state index is -0.129. The van der Waals surface area contributed by atoms with Crippen LogP contribution in [0, 0.1) is 0 Å². The summed E-state index contributed by atoms with van der Waals surface area (Å²) < 4.78 is 0. The topological polar surface area (TPSA) is 92.2 Å². The SMILES string of the molecule is O=C(CCC(=O)N(Cc1ccccn1)Cc1ccccn1)N(Cc1ccccn1)Cc1ccccn1. The second-order valence-corrected chi connectivity index (χ2v) is 8.28. The number of hydrogen-bond acceptors (Lipinski definition) is 6. The van der Waals surface area contributed by atoms with Crippen LogP contribution >= 0.6 is 0 Å². The molecule has 0 aromatic carbocycles. The molecule has 0 aliphatic rings. The van der Waals surface area contributed by atoms with Crippen LogP contribution in [0.1, 0.15) is 35.6 Å². The van der Waals surface area contributed by atoms with Crippen molar-refractivity contribution in [3.63, 3.8) is 0 Å². The summed E-state index contributed by atoms with van der Waals surface area (Å²) in [5.74, 6) is -0.259. The van der Waals surface area contributed by atoms with Crippen molar-refractivity contribution < 1.29 is 9.59 Å². The standard InChI is InChI=1S/C28H28N6O2/c35-27(33(19-23-9-1-5-15-29-23)20-24-10-2-6-16-30-24)13-14-28(36)34(21-25-11-3-7-17-31-25)22-26-12-4-8-18-32-26/h1-12,15-18H,13-14,19-22H2. The average molecular weight is 481 g/mol. The van der Waals surface area contributed by atoms with E-state index in [0.29, 0.717) is 26.2 Å². The Balaban J connectivity index is 1.44. The van der Waals surface area contributed by atoms with E-state index in [-0.39, 0.29) is 24.7 Å². The van der Waals surface area contributed by atoms with Gasteiger partial charge in [0.25, 0.3) is 0 Å². The fourth-order valence-corrected chi connectivity index (χ4v) is 3.74. The molecule has 0 spiro atoms. The molecule has 0 radical (unpaired) electrons. The molecule has 4 heterocycles. The largest absolute Gasteiger partial charge is 0.331 e. The Bertz CT molecular complexity index is 1040. The predicted octanol–water partition coefficient (Wildman–Crippen LogP) is 3.80. The van der Waals surface area contributed by atoms with Gasteiger partial charge < -0.3 is 9.80 Å². The first-order valence-electron chi connectivity index (χ1n) is 11.8. The maximum atomic E-state index is 13.3. The Morgan fingerprint density at radius 3 is 0.972 bits per heavy atom. The first-order valence-corrected chi connectivity index (χ1v) is 11.8. The normalized spacial score (nSPS) is 10.6. The number of carbonyl (C=O) groups excluding carboxylic acids is 2. The van der Waals surface area contributed by atoms with Crippen molar-refractivity contribution >= 4 is 11.8 Å². The Hall–Kier alpha value is -4.46. The zero-order valence-corrected chi connectivity index (χ0v) is 20.0. The maximum Gasteiger partial charge on any atom is 0.223 e. The number of pyridine rings is 4. The summed E-state index contributed by atoms with van der Waals surface area (Å²) in [5, 5.41) is 0. The Labute approximate surface area is 210 Å². The van der Waals surface area contributed by atoms with E-state index in [1.165, 1.54) is 0 Å². The van der Waals surface area contributed by atoms with E-state index in [1.54, 1.807) is 34.6 Å². The number of aromatic nitrogens is 4. The van der Waals surface area contributed by atoms with Crippen LogP contribution in [-0.2, 0) is 35.8 Å². The molecule has 4 aromatic heterocycles. The Kier molecular flexibility index (Phi) is 8.80. The number of carbonyl (C=O) groups is 2. The average Bonchev–Trinajstić information content (AvgIpc) is 2.93. The van der Waals surface area contributed by atoms with Gasteiger partial charge in [0.05, 0.1) is 49.0 Å². The van der Waals surface area contributed by atoms with Crippen LogP contribution < -0.4 is 0 Å². The first kappa shape index (κ1) is 24.7. The highest BCUT2D eigenvalue weighted by Crippen LogP contribution is 2.13. The summed E-state index contributed by atoms with van der Waals surface area (Å²) in [7, 11) is 0. The smallest absolute Gasteiger partial charge is 0.223 e. The number of amides is 2. The molecule has 8 heteroatoms. The molecule has 4 aromatic rings. The molecule has 36 heavy (non-hydrogen) atoms. The Morgan fingerprint density at radius 2 is 0.750 bits per heavy atom. The highest BCUT2D eigenvalue weighted by Gasteiger charge is 2.21. The summed E-state index contributed by atoms with van der Waals surface area (Å²) in [5.41, 5.74) is 3.11. The molecular formula is C28H28N6O2. The van der Waals surface area contributed by atoms with Crippen molar-refractivity contribution in [2.45, 2.75) is 39.0 Å². The van der Waals surface area contributed by atoms with Crippen LogP contribution in [0.15, 0.2) is 97.6 Å². The molecule has 0 saturated heterocycles. The molecule has 4 rings (SSSR count). The third-order valence-electron chi connectivity index (χ3n) is 5.57. The van der Waals surface area contributed by atoms with Gasteiger partial charge in [0.15, 0.2) is 0 Å². The molecule has 0 unspecified atom stereocenters. The zero-order chi connectivity index (χ0) is 25.0. The molecule has 182 valence electrons. The molecule has 0 atom stereocenters. The monoisotopic (exact) mass is 480 g/mol. The highest BCUT2D eigenvalue weighted by atomic mass is 16.2. The lowest BCUT2D eigenvalue weighted by Gasteiger charge is -2.24. The van der Waals surface area contributed by atoms with E-state index < -0.39 is 0 Å². The van der Waals surface area contributed by atoms with E-state index in [4.69, 9.17) is 0 Å². The first-order chi connectivity index (χ1) is 17.7. The van der Waals surface area contributed by atoms with Gasteiger partial charge in [-0.05, 0) is 48.5 Å². The van der Waals surface area contributed by atoms with E-state index in [0.717, 1.165) is 22.8 Å². The molecule has 8 nitrogen and oxygen atoms in total. The van der Waals surface area contributed by atoms with Gasteiger partial charge >= 0.3 is 0 Å². The molecule has 0 N–H and O–H groups in total. The molecule has 0 bridgehead atoms. The van der Waals surface area contributed by atoms with Crippen molar-refractivity contribution in [1.82, 2.24) is 29.7 Å². The van der Waals surface area contributed by atoms with Gasteiger partial charge in [-0.3, -0.25) is 29.5 Å². The molecule has 0 aliphatic carbocycles. The molecular weight excluding hydrogens is 452 g/mol. The van der Waals surface area contributed by atoms with Crippen LogP contribution in [0.25, 0.3) is 0 Å². The third kappa shape index (κ3) is 7.53. The summed E-state index contributed by atoms with van der Waals surface area (Å²) in [6.07, 6.45) is 6.98. The van der Waals surface area contributed by atoms with Gasteiger partial charge in [-0.25, -0.2) is 0 Å². The van der Waals surface area contributed by atoms with E-state index >= 15 is 0 Å². The lowest BCUT2D eigenvalue weighted by atomic mass is 10.2. The molecule has 0 fully saturated rings. The fraction of sp³-hybridized carbons (Fsp3) is 0.214. The molecule has 2 amide bonds. The minimum Gasteiger partial charge on any atom is -0.331 e. The number of rotatable bonds is 11. The van der Waals surface area contributed by atoms with Crippen molar-refractivity contribution in [1.29, 1.82) is 0 Å². The highest BCUT2D eigenvalue weighted by molar-refractivity contribution is 5.83. The van der Waals surface area contributed by atoms with Crippen molar-refractivity contribution in [3.8, 4) is 0 Å². The Morgan fingerprint density at radius 1 is 0.472 bits per heavy atom. The fourth-order valence-electron chi connectivity index (χ4n) is 3.74. The maximum absolute atomic E-state index is 13.3. The number of nitrogens with zero attached hydrogens (tertiary/aromatic N) is 6. The van der Waals surface area contributed by atoms with Crippen LogP contribution in [-0.4, -0.2) is 41.6 Å². The van der Waals surface area contributed by atoms with Crippen LogP contribution in [0.4, 0.5) is 0 Å². The summed E-state index contributed by atoms with van der Waals surface area (Å²) in [6, 6.07) is 22.4. The van der Waals surface area contributed by atoms with Crippen LogP contribution in [0.2, 0.25) is 0 Å². The van der Waals surface area contributed by atoms with E-state index in [9.17, 15) is 9.59 Å². The molecule has 0 saturated carbocycles. The minimum absolute atomic E-state index is 0.0828. The number of hydrogen-bond donors (Lipinski definition) is 0. The van der Waals surface area contributed by atoms with Gasteiger partial charge in [0, 0.05) is 37.6 Å². The second-order valence-electron chi connectivity index (χ2n) is 8.28. The van der Waals surface area contributed by atoms with Crippen LogP contribution in [0.3, 0.4) is 0 Å². The van der Waals surface area contributed by atoms with Crippen molar-refractivity contribution in [3.05, 3.63) is 120 Å². The predicted molar refractivity (Wildman–Crippen MR) is 135 cm³/mol. The lowest BCUT2D eigenvalue weighted by Crippen LogP contribution is -2.34. The van der Waals surface area contributed by atoms with Gasteiger partial charge in [-0.2, -0.15) is 0 Å². The summed E-state index contributed by atoms with van der Waals surface area (Å²) >= 11 is 0. The quantitative estimate of drug-likeness (QED) is 0.324. The zero-order valence-electron chi connectivity index (χ0n) is 20.0. The van der Waals surface area contributed by atoms with Gasteiger partial charge in [0.1, 0.15) is 0 Å². The molecule has 0 aliphatic heterocycles. The van der Waals surface area contributed by atoms with Crippen molar-refractivity contribution in [2.24, 2.45) is 0 Å². The summed E-state index contributed by atoms with van der Waals surface area (Å²) in [4.78, 5) is 47.4. The van der Waals surface area contributed by atoms with Crippen molar-refractivity contribution in [2.75, 3.05) is 0 Å². The lowest BCUT2D eigenvalue weighted by molar-refractivity contribution is -0.138.